The fraction of sp³-hybridized carbons (Fsp3) is 0.0714. The van der Waals surface area contributed by atoms with Gasteiger partial charge in [0.05, 0.1) is 4.90 Å². The van der Waals surface area contributed by atoms with E-state index in [1.165, 1.54) is 12.1 Å². The maximum Gasteiger partial charge on any atom is 0.323 e. The smallest absolute Gasteiger partial charge is 0.308 e. The van der Waals surface area contributed by atoms with Crippen molar-refractivity contribution in [1.82, 2.24) is 0 Å². The largest absolute Gasteiger partial charge is 0.323 e. The van der Waals surface area contributed by atoms with Crippen molar-refractivity contribution < 1.29 is 13.2 Å². The maximum atomic E-state index is 11.8. The Balaban J connectivity index is 2.08. The minimum atomic E-state index is -3.31. The van der Waals surface area contributed by atoms with Crippen LogP contribution in [-0.4, -0.2) is 20.7 Å². The van der Waals surface area contributed by atoms with Crippen LogP contribution in [0.5, 0.6) is 0 Å². The zero-order valence-corrected chi connectivity index (χ0v) is 12.7. The molecule has 0 bridgehead atoms. The lowest BCUT2D eigenvalue weighted by atomic mass is 10.3. The molecule has 0 atom stereocenters. The van der Waals surface area contributed by atoms with Crippen LogP contribution in [0.25, 0.3) is 0 Å². The third kappa shape index (κ3) is 4.47. The number of carbonyl (C=O) groups excluding carboxylic acids is 1. The van der Waals surface area contributed by atoms with E-state index in [1.54, 1.807) is 36.4 Å². The van der Waals surface area contributed by atoms with Gasteiger partial charge in [-0.1, -0.05) is 17.7 Å². The number of urea groups is 1. The molecule has 110 valence electrons. The van der Waals surface area contributed by atoms with Crippen LogP contribution in [-0.2, 0) is 9.84 Å². The number of hydrogen-bond acceptors (Lipinski definition) is 3. The molecule has 0 aliphatic heterocycles. The average Bonchev–Trinajstić information content (AvgIpc) is 2.41. The number of halogens is 1. The zero-order chi connectivity index (χ0) is 15.5. The first-order valence-corrected chi connectivity index (χ1v) is 8.25. The highest BCUT2D eigenvalue weighted by atomic mass is 35.5. The highest BCUT2D eigenvalue weighted by Crippen LogP contribution is 2.17. The van der Waals surface area contributed by atoms with E-state index in [4.69, 9.17) is 11.6 Å². The van der Waals surface area contributed by atoms with Gasteiger partial charge in [0.2, 0.25) is 0 Å². The van der Waals surface area contributed by atoms with Gasteiger partial charge in [-0.3, -0.25) is 0 Å². The summed E-state index contributed by atoms with van der Waals surface area (Å²) in [6.07, 6.45) is 1.11. The Morgan fingerprint density at radius 3 is 2.24 bits per heavy atom. The molecule has 2 aromatic carbocycles. The van der Waals surface area contributed by atoms with Gasteiger partial charge in [-0.05, 0) is 42.5 Å². The number of anilines is 2. The molecule has 0 unspecified atom stereocenters. The van der Waals surface area contributed by atoms with Crippen molar-refractivity contribution in [3.8, 4) is 0 Å². The molecule has 0 saturated heterocycles. The van der Waals surface area contributed by atoms with E-state index in [2.05, 4.69) is 10.6 Å². The van der Waals surface area contributed by atoms with Crippen LogP contribution in [0.3, 0.4) is 0 Å². The summed E-state index contributed by atoms with van der Waals surface area (Å²) in [5.74, 6) is 0. The van der Waals surface area contributed by atoms with Gasteiger partial charge in [0.25, 0.3) is 0 Å². The first kappa shape index (κ1) is 15.3. The van der Waals surface area contributed by atoms with E-state index in [0.29, 0.717) is 16.4 Å². The number of benzene rings is 2. The van der Waals surface area contributed by atoms with Gasteiger partial charge < -0.3 is 10.6 Å². The van der Waals surface area contributed by atoms with Crippen LogP contribution in [0.15, 0.2) is 53.4 Å². The number of rotatable bonds is 3. The Kier molecular flexibility index (Phi) is 4.50. The molecule has 7 heteroatoms. The number of hydrogen-bond donors (Lipinski definition) is 2. The van der Waals surface area contributed by atoms with E-state index in [9.17, 15) is 13.2 Å². The SMILES string of the molecule is CS(=O)(=O)c1cccc(NC(=O)Nc2ccc(Cl)cc2)c1. The van der Waals surface area contributed by atoms with Crippen LogP contribution >= 0.6 is 11.6 Å². The highest BCUT2D eigenvalue weighted by Gasteiger charge is 2.09. The Labute approximate surface area is 127 Å². The van der Waals surface area contributed by atoms with E-state index in [0.717, 1.165) is 6.26 Å². The lowest BCUT2D eigenvalue weighted by Crippen LogP contribution is -2.19. The molecule has 5 nitrogen and oxygen atoms in total. The zero-order valence-electron chi connectivity index (χ0n) is 11.1. The van der Waals surface area contributed by atoms with Crippen molar-refractivity contribution in [1.29, 1.82) is 0 Å². The van der Waals surface area contributed by atoms with Crippen molar-refractivity contribution in [3.05, 3.63) is 53.6 Å². The predicted molar refractivity (Wildman–Crippen MR) is 83.6 cm³/mol. The van der Waals surface area contributed by atoms with Gasteiger partial charge in [0.1, 0.15) is 0 Å². The lowest BCUT2D eigenvalue weighted by Gasteiger charge is -2.08. The van der Waals surface area contributed by atoms with Crippen molar-refractivity contribution in [3.63, 3.8) is 0 Å². The molecule has 2 aromatic rings. The highest BCUT2D eigenvalue weighted by molar-refractivity contribution is 7.90. The molecule has 0 aliphatic rings. The van der Waals surface area contributed by atoms with Gasteiger partial charge in [-0.25, -0.2) is 13.2 Å². The summed E-state index contributed by atoms with van der Waals surface area (Å²) in [4.78, 5) is 12.0. The molecule has 0 saturated carbocycles. The Morgan fingerprint density at radius 1 is 1.00 bits per heavy atom. The molecule has 21 heavy (non-hydrogen) atoms. The summed E-state index contributed by atoms with van der Waals surface area (Å²) in [7, 11) is -3.31. The van der Waals surface area contributed by atoms with Crippen molar-refractivity contribution in [2.24, 2.45) is 0 Å². The predicted octanol–water partition coefficient (Wildman–Crippen LogP) is 3.39. The topological polar surface area (TPSA) is 75.3 Å². The molecule has 2 amide bonds. The second-order valence-corrected chi connectivity index (χ2v) is 6.84. The van der Waals surface area contributed by atoms with Crippen molar-refractivity contribution in [2.75, 3.05) is 16.9 Å². The minimum Gasteiger partial charge on any atom is -0.308 e. The van der Waals surface area contributed by atoms with Crippen LogP contribution in [0.4, 0.5) is 16.2 Å². The maximum absolute atomic E-state index is 11.8. The molecular weight excluding hydrogens is 312 g/mol. The molecule has 0 aliphatic carbocycles. The Hall–Kier alpha value is -2.05. The van der Waals surface area contributed by atoms with Crippen LogP contribution in [0.2, 0.25) is 5.02 Å². The number of carbonyl (C=O) groups is 1. The van der Waals surface area contributed by atoms with E-state index >= 15 is 0 Å². The van der Waals surface area contributed by atoms with Gasteiger partial charge in [-0.15, -0.1) is 0 Å². The van der Waals surface area contributed by atoms with Gasteiger partial charge >= 0.3 is 6.03 Å². The molecule has 0 aromatic heterocycles. The lowest BCUT2D eigenvalue weighted by molar-refractivity contribution is 0.262. The third-order valence-corrected chi connectivity index (χ3v) is 3.98. The van der Waals surface area contributed by atoms with Gasteiger partial charge in [-0.2, -0.15) is 0 Å². The van der Waals surface area contributed by atoms with E-state index in [1.807, 2.05) is 0 Å². The van der Waals surface area contributed by atoms with Gasteiger partial charge in [0, 0.05) is 22.7 Å². The van der Waals surface area contributed by atoms with Gasteiger partial charge in [0.15, 0.2) is 9.84 Å². The summed E-state index contributed by atoms with van der Waals surface area (Å²) in [5.41, 5.74) is 0.973. The Bertz CT molecular complexity index is 758. The van der Waals surface area contributed by atoms with Crippen LogP contribution in [0, 0.1) is 0 Å². The molecule has 0 radical (unpaired) electrons. The number of sulfone groups is 1. The fourth-order valence-corrected chi connectivity index (χ4v) is 2.42. The summed E-state index contributed by atoms with van der Waals surface area (Å²) in [6.45, 7) is 0. The van der Waals surface area contributed by atoms with E-state index < -0.39 is 15.9 Å². The molecule has 0 spiro atoms. The monoisotopic (exact) mass is 324 g/mol. The first-order valence-electron chi connectivity index (χ1n) is 5.98. The second-order valence-electron chi connectivity index (χ2n) is 4.39. The summed E-state index contributed by atoms with van der Waals surface area (Å²) in [5, 5.41) is 5.76. The third-order valence-electron chi connectivity index (χ3n) is 2.62. The van der Waals surface area contributed by atoms with E-state index in [-0.39, 0.29) is 4.90 Å². The first-order chi connectivity index (χ1) is 9.84. The normalized spacial score (nSPS) is 11.0. The molecular formula is C14H13ClN2O3S. The summed E-state index contributed by atoms with van der Waals surface area (Å²) < 4.78 is 22.9. The number of amides is 2. The minimum absolute atomic E-state index is 0.145. The quantitative estimate of drug-likeness (QED) is 0.908. The average molecular weight is 325 g/mol. The molecule has 0 fully saturated rings. The van der Waals surface area contributed by atoms with Crippen LogP contribution < -0.4 is 10.6 Å². The van der Waals surface area contributed by atoms with Crippen LogP contribution in [0.1, 0.15) is 0 Å². The number of nitrogens with one attached hydrogen (secondary N) is 2. The second kappa shape index (κ2) is 6.15. The standard InChI is InChI=1S/C14H13ClN2O3S/c1-21(19,20)13-4-2-3-12(9-13)17-14(18)16-11-7-5-10(15)6-8-11/h2-9H,1H3,(H2,16,17,18). The summed E-state index contributed by atoms with van der Waals surface area (Å²) in [6, 6.07) is 12.2. The fourth-order valence-electron chi connectivity index (χ4n) is 1.63. The molecule has 2 N–H and O–H groups in total. The van der Waals surface area contributed by atoms with Crippen molar-refractivity contribution >= 4 is 38.8 Å². The summed E-state index contributed by atoms with van der Waals surface area (Å²) >= 11 is 5.75. The molecule has 2 rings (SSSR count). The van der Waals surface area contributed by atoms with Crippen molar-refractivity contribution in [2.45, 2.75) is 4.90 Å². The Morgan fingerprint density at radius 2 is 1.62 bits per heavy atom. The molecule has 0 heterocycles.